The maximum absolute atomic E-state index is 12.6. The normalized spacial score (nSPS) is 11.7. The zero-order chi connectivity index (χ0) is 13.9. The summed E-state index contributed by atoms with van der Waals surface area (Å²) in [7, 11) is 0. The largest absolute Gasteiger partial charge is 0.433 e. The van der Waals surface area contributed by atoms with Gasteiger partial charge in [0.15, 0.2) is 0 Å². The fourth-order valence-corrected chi connectivity index (χ4v) is 1.43. The Kier molecular flexibility index (Phi) is 4.19. The summed E-state index contributed by atoms with van der Waals surface area (Å²) >= 11 is 0. The number of rotatable bonds is 3. The summed E-state index contributed by atoms with van der Waals surface area (Å²) in [5.74, 6) is 0. The number of halogens is 5. The molecule has 0 unspecified atom stereocenters. The number of nitrogens with two attached hydrogens (primary N) is 1. The Morgan fingerprint density at radius 2 is 2.00 bits per heavy atom. The van der Waals surface area contributed by atoms with Crippen LogP contribution >= 0.6 is 0 Å². The van der Waals surface area contributed by atoms with Gasteiger partial charge >= 0.3 is 6.18 Å². The Bertz CT molecular complexity index is 476. The molecule has 0 radical (unpaired) electrons. The molecule has 1 heterocycles. The van der Waals surface area contributed by atoms with Gasteiger partial charge in [-0.05, 0) is 11.6 Å². The summed E-state index contributed by atoms with van der Waals surface area (Å²) in [4.78, 5) is 3.12. The SMILES string of the molecule is N#CCc1cc(C(F)F)c(CN)nc1C(F)(F)F. The van der Waals surface area contributed by atoms with Crippen LogP contribution in [0.15, 0.2) is 6.07 Å². The minimum atomic E-state index is -4.81. The fraction of sp³-hybridized carbons (Fsp3) is 0.400. The Hall–Kier alpha value is -1.75. The second-order valence-corrected chi connectivity index (χ2v) is 3.37. The van der Waals surface area contributed by atoms with Crippen LogP contribution in [0.1, 0.15) is 28.9 Å². The van der Waals surface area contributed by atoms with Crippen molar-refractivity contribution in [3.8, 4) is 6.07 Å². The third-order valence-corrected chi connectivity index (χ3v) is 2.18. The van der Waals surface area contributed by atoms with Gasteiger partial charge < -0.3 is 5.73 Å². The highest BCUT2D eigenvalue weighted by Gasteiger charge is 2.36. The third-order valence-electron chi connectivity index (χ3n) is 2.18. The van der Waals surface area contributed by atoms with Crippen molar-refractivity contribution in [1.29, 1.82) is 5.26 Å². The summed E-state index contributed by atoms with van der Waals surface area (Å²) in [6.45, 7) is -0.532. The van der Waals surface area contributed by atoms with Crippen molar-refractivity contribution in [2.75, 3.05) is 0 Å². The molecule has 0 aliphatic carbocycles. The van der Waals surface area contributed by atoms with Gasteiger partial charge in [-0.25, -0.2) is 13.8 Å². The molecule has 1 aromatic rings. The van der Waals surface area contributed by atoms with E-state index in [0.717, 1.165) is 0 Å². The molecule has 3 nitrogen and oxygen atoms in total. The molecule has 98 valence electrons. The standard InChI is InChI=1S/C10H8F5N3/c11-9(12)6-3-5(1-2-16)8(10(13,14)15)18-7(6)4-17/h3,9H,1,4,17H2. The van der Waals surface area contributed by atoms with Crippen LogP contribution in [0.3, 0.4) is 0 Å². The van der Waals surface area contributed by atoms with E-state index in [0.29, 0.717) is 6.07 Å². The molecule has 8 heteroatoms. The summed E-state index contributed by atoms with van der Waals surface area (Å²) in [6.07, 6.45) is -8.45. The first-order chi connectivity index (χ1) is 8.31. The lowest BCUT2D eigenvalue weighted by atomic mass is 10.0. The van der Waals surface area contributed by atoms with Gasteiger partial charge in [0, 0.05) is 12.1 Å². The van der Waals surface area contributed by atoms with Gasteiger partial charge in [-0.15, -0.1) is 0 Å². The number of aromatic nitrogens is 1. The van der Waals surface area contributed by atoms with Gasteiger partial charge in [0.25, 0.3) is 6.43 Å². The molecule has 0 bridgehead atoms. The summed E-state index contributed by atoms with van der Waals surface area (Å²) in [5.41, 5.74) is 2.00. The van der Waals surface area contributed by atoms with Crippen LogP contribution in [-0.4, -0.2) is 4.98 Å². The fourth-order valence-electron chi connectivity index (χ4n) is 1.43. The molecule has 0 amide bonds. The Morgan fingerprint density at radius 1 is 1.39 bits per heavy atom. The predicted octanol–water partition coefficient (Wildman–Crippen LogP) is 2.56. The third kappa shape index (κ3) is 2.92. The molecule has 0 atom stereocenters. The smallest absolute Gasteiger partial charge is 0.325 e. The van der Waals surface area contributed by atoms with Crippen molar-refractivity contribution in [3.05, 3.63) is 28.6 Å². The lowest BCUT2D eigenvalue weighted by Crippen LogP contribution is -2.17. The molecule has 0 aliphatic rings. The average molecular weight is 265 g/mol. The van der Waals surface area contributed by atoms with E-state index < -0.39 is 48.1 Å². The predicted molar refractivity (Wildman–Crippen MR) is 51.4 cm³/mol. The van der Waals surface area contributed by atoms with E-state index in [2.05, 4.69) is 4.98 Å². The first-order valence-electron chi connectivity index (χ1n) is 4.76. The Morgan fingerprint density at radius 3 is 2.39 bits per heavy atom. The molecule has 0 aromatic carbocycles. The number of hydrogen-bond donors (Lipinski definition) is 1. The second kappa shape index (κ2) is 5.27. The van der Waals surface area contributed by atoms with Crippen LogP contribution in [-0.2, 0) is 19.1 Å². The van der Waals surface area contributed by atoms with Crippen molar-refractivity contribution in [1.82, 2.24) is 4.98 Å². The zero-order valence-corrected chi connectivity index (χ0v) is 8.93. The molecule has 0 aliphatic heterocycles. The summed E-state index contributed by atoms with van der Waals surface area (Å²) in [5, 5.41) is 8.41. The molecule has 2 N–H and O–H groups in total. The topological polar surface area (TPSA) is 62.7 Å². The van der Waals surface area contributed by atoms with Gasteiger partial charge in [-0.2, -0.15) is 18.4 Å². The van der Waals surface area contributed by atoms with E-state index in [1.807, 2.05) is 0 Å². The van der Waals surface area contributed by atoms with E-state index >= 15 is 0 Å². The number of pyridine rings is 1. The van der Waals surface area contributed by atoms with Gasteiger partial charge in [0.1, 0.15) is 5.69 Å². The number of alkyl halides is 5. The van der Waals surface area contributed by atoms with Crippen molar-refractivity contribution < 1.29 is 22.0 Å². The quantitative estimate of drug-likeness (QED) is 0.854. The lowest BCUT2D eigenvalue weighted by Gasteiger charge is -2.14. The minimum absolute atomic E-state index is 0.515. The molecule has 0 saturated heterocycles. The van der Waals surface area contributed by atoms with Gasteiger partial charge in [-0.3, -0.25) is 0 Å². The highest BCUT2D eigenvalue weighted by atomic mass is 19.4. The Balaban J connectivity index is 3.48. The van der Waals surface area contributed by atoms with Crippen molar-refractivity contribution in [2.24, 2.45) is 5.73 Å². The van der Waals surface area contributed by atoms with Gasteiger partial charge in [0.05, 0.1) is 18.2 Å². The van der Waals surface area contributed by atoms with Crippen molar-refractivity contribution in [2.45, 2.75) is 25.6 Å². The van der Waals surface area contributed by atoms with Crippen LogP contribution in [0.25, 0.3) is 0 Å². The maximum atomic E-state index is 12.6. The van der Waals surface area contributed by atoms with Gasteiger partial charge in [-0.1, -0.05) is 0 Å². The lowest BCUT2D eigenvalue weighted by molar-refractivity contribution is -0.141. The van der Waals surface area contributed by atoms with E-state index in [1.165, 1.54) is 6.07 Å². The molecular formula is C10H8F5N3. The van der Waals surface area contributed by atoms with Crippen LogP contribution < -0.4 is 5.73 Å². The molecule has 0 fully saturated rings. The molecule has 18 heavy (non-hydrogen) atoms. The van der Waals surface area contributed by atoms with E-state index in [-0.39, 0.29) is 0 Å². The first-order valence-corrected chi connectivity index (χ1v) is 4.76. The van der Waals surface area contributed by atoms with Crippen LogP contribution in [0.2, 0.25) is 0 Å². The van der Waals surface area contributed by atoms with Crippen molar-refractivity contribution in [3.63, 3.8) is 0 Å². The summed E-state index contributed by atoms with van der Waals surface area (Å²) in [6, 6.07) is 2.13. The molecule has 1 rings (SSSR count). The molecule has 0 saturated carbocycles. The van der Waals surface area contributed by atoms with Crippen LogP contribution in [0, 0.1) is 11.3 Å². The number of hydrogen-bond acceptors (Lipinski definition) is 3. The minimum Gasteiger partial charge on any atom is -0.325 e. The van der Waals surface area contributed by atoms with E-state index in [9.17, 15) is 22.0 Å². The summed E-state index contributed by atoms with van der Waals surface area (Å²) < 4.78 is 63.1. The second-order valence-electron chi connectivity index (χ2n) is 3.37. The van der Waals surface area contributed by atoms with Gasteiger partial charge in [0.2, 0.25) is 0 Å². The van der Waals surface area contributed by atoms with E-state index in [4.69, 9.17) is 11.0 Å². The number of nitriles is 1. The van der Waals surface area contributed by atoms with Crippen LogP contribution in [0.4, 0.5) is 22.0 Å². The zero-order valence-electron chi connectivity index (χ0n) is 8.93. The first kappa shape index (κ1) is 14.3. The average Bonchev–Trinajstić information content (AvgIpc) is 2.27. The highest BCUT2D eigenvalue weighted by Crippen LogP contribution is 2.33. The molecular weight excluding hydrogens is 257 g/mol. The maximum Gasteiger partial charge on any atom is 0.433 e. The van der Waals surface area contributed by atoms with Crippen molar-refractivity contribution >= 4 is 0 Å². The van der Waals surface area contributed by atoms with Crippen LogP contribution in [0.5, 0.6) is 0 Å². The van der Waals surface area contributed by atoms with E-state index in [1.54, 1.807) is 0 Å². The molecule has 1 aromatic heterocycles. The highest BCUT2D eigenvalue weighted by molar-refractivity contribution is 5.34. The molecule has 0 spiro atoms. The Labute approximate surface area is 99.0 Å². The number of nitrogens with zero attached hydrogens (tertiary/aromatic N) is 2. The monoisotopic (exact) mass is 265 g/mol.